The molecule has 5 nitrogen and oxygen atoms in total. The lowest BCUT2D eigenvalue weighted by Gasteiger charge is -2.27. The van der Waals surface area contributed by atoms with Crippen LogP contribution < -0.4 is 10.6 Å². The summed E-state index contributed by atoms with van der Waals surface area (Å²) >= 11 is 3.62. The average Bonchev–Trinajstić information content (AvgIpc) is 3.43. The first kappa shape index (κ1) is 20.3. The summed E-state index contributed by atoms with van der Waals surface area (Å²) in [5.74, 6) is 0.904. The lowest BCUT2D eigenvalue weighted by Crippen LogP contribution is -2.42. The van der Waals surface area contributed by atoms with E-state index < -0.39 is 0 Å². The second-order valence-electron chi connectivity index (χ2n) is 6.99. The molecule has 148 valence electrons. The van der Waals surface area contributed by atoms with Crippen LogP contribution in [0.25, 0.3) is 0 Å². The predicted octanol–water partition coefficient (Wildman–Crippen LogP) is 3.84. The molecule has 27 heavy (non-hydrogen) atoms. The van der Waals surface area contributed by atoms with Crippen molar-refractivity contribution in [2.75, 3.05) is 33.2 Å². The van der Waals surface area contributed by atoms with Crippen molar-refractivity contribution >= 4 is 28.6 Å². The molecule has 1 atom stereocenters. The van der Waals surface area contributed by atoms with Crippen molar-refractivity contribution in [1.82, 2.24) is 20.5 Å². The molecule has 3 rings (SSSR count). The molecule has 7 heteroatoms. The first-order valence-corrected chi connectivity index (χ1v) is 11.6. The van der Waals surface area contributed by atoms with Gasteiger partial charge in [-0.2, -0.15) is 0 Å². The zero-order chi connectivity index (χ0) is 18.9. The van der Waals surface area contributed by atoms with Crippen LogP contribution in [0.5, 0.6) is 0 Å². The molecule has 2 N–H and O–H groups in total. The van der Waals surface area contributed by atoms with E-state index in [2.05, 4.69) is 55.3 Å². The number of rotatable bonds is 9. The van der Waals surface area contributed by atoms with Crippen LogP contribution in [0.3, 0.4) is 0 Å². The molecule has 0 bridgehead atoms. The maximum atomic E-state index is 4.53. The third kappa shape index (κ3) is 6.30. The minimum atomic E-state index is 0.444. The molecule has 2 aromatic heterocycles. The van der Waals surface area contributed by atoms with Crippen molar-refractivity contribution < 1.29 is 0 Å². The van der Waals surface area contributed by atoms with Gasteiger partial charge in [0.15, 0.2) is 5.96 Å². The Morgan fingerprint density at radius 2 is 2.11 bits per heavy atom. The molecule has 1 fully saturated rings. The molecule has 2 aromatic rings. The number of unbranched alkanes of at least 4 members (excludes halogenated alkanes) is 1. The number of nitrogens with one attached hydrogen (secondary N) is 2. The van der Waals surface area contributed by atoms with E-state index >= 15 is 0 Å². The van der Waals surface area contributed by atoms with Crippen molar-refractivity contribution in [2.24, 2.45) is 4.99 Å². The summed E-state index contributed by atoms with van der Waals surface area (Å²) in [5, 5.41) is 12.6. The highest BCUT2D eigenvalue weighted by atomic mass is 32.1. The number of thiophene rings is 1. The molecule has 0 amide bonds. The Morgan fingerprint density at radius 1 is 1.26 bits per heavy atom. The Kier molecular flexibility index (Phi) is 8.10. The van der Waals surface area contributed by atoms with E-state index in [0.717, 1.165) is 44.0 Å². The zero-order valence-electron chi connectivity index (χ0n) is 16.4. The van der Waals surface area contributed by atoms with Gasteiger partial charge in [-0.05, 0) is 63.6 Å². The van der Waals surface area contributed by atoms with Gasteiger partial charge >= 0.3 is 0 Å². The van der Waals surface area contributed by atoms with Crippen molar-refractivity contribution in [3.8, 4) is 0 Å². The van der Waals surface area contributed by atoms with E-state index in [4.69, 9.17) is 0 Å². The number of hydrogen-bond acceptors (Lipinski definition) is 5. The summed E-state index contributed by atoms with van der Waals surface area (Å²) < 4.78 is 0. The van der Waals surface area contributed by atoms with Crippen LogP contribution in [-0.4, -0.2) is 49.1 Å². The van der Waals surface area contributed by atoms with E-state index in [-0.39, 0.29) is 0 Å². The first-order valence-electron chi connectivity index (χ1n) is 9.89. The van der Waals surface area contributed by atoms with Gasteiger partial charge in [-0.25, -0.2) is 4.98 Å². The molecule has 0 spiro atoms. The number of thiazole rings is 1. The van der Waals surface area contributed by atoms with Gasteiger partial charge in [-0.1, -0.05) is 6.07 Å². The molecule has 0 aromatic carbocycles. The maximum Gasteiger partial charge on any atom is 0.191 e. The number of aromatic nitrogens is 1. The lowest BCUT2D eigenvalue weighted by atomic mass is 10.2. The van der Waals surface area contributed by atoms with E-state index in [1.165, 1.54) is 35.8 Å². The van der Waals surface area contributed by atoms with Crippen molar-refractivity contribution in [3.63, 3.8) is 0 Å². The van der Waals surface area contributed by atoms with Gasteiger partial charge in [0.1, 0.15) is 0 Å². The molecule has 0 radical (unpaired) electrons. The van der Waals surface area contributed by atoms with Crippen LogP contribution in [0.4, 0.5) is 0 Å². The molecule has 0 aliphatic carbocycles. The van der Waals surface area contributed by atoms with Crippen LogP contribution in [0, 0.1) is 6.92 Å². The SMILES string of the molecule is CN=C(NCCCCc1nc(C)cs1)NCC(c1cccs1)N1CCCC1. The summed E-state index contributed by atoms with van der Waals surface area (Å²) in [6, 6.07) is 4.85. The molecular weight excluding hydrogens is 374 g/mol. The zero-order valence-corrected chi connectivity index (χ0v) is 18.0. The molecule has 1 aliphatic heterocycles. The topological polar surface area (TPSA) is 52.6 Å². The predicted molar refractivity (Wildman–Crippen MR) is 117 cm³/mol. The van der Waals surface area contributed by atoms with Crippen LogP contribution in [-0.2, 0) is 6.42 Å². The fraction of sp³-hybridized carbons (Fsp3) is 0.600. The van der Waals surface area contributed by atoms with E-state index in [1.54, 1.807) is 11.3 Å². The van der Waals surface area contributed by atoms with Gasteiger partial charge in [0.25, 0.3) is 0 Å². The van der Waals surface area contributed by atoms with Crippen LogP contribution in [0.2, 0.25) is 0 Å². The Labute approximate surface area is 170 Å². The largest absolute Gasteiger partial charge is 0.356 e. The van der Waals surface area contributed by atoms with Crippen molar-refractivity contribution in [2.45, 2.75) is 45.1 Å². The second kappa shape index (κ2) is 10.8. The summed E-state index contributed by atoms with van der Waals surface area (Å²) in [5.41, 5.74) is 1.14. The molecule has 1 unspecified atom stereocenters. The Bertz CT molecular complexity index is 689. The fourth-order valence-electron chi connectivity index (χ4n) is 3.48. The summed E-state index contributed by atoms with van der Waals surface area (Å²) in [6.07, 6.45) is 5.98. The van der Waals surface area contributed by atoms with Crippen LogP contribution in [0.15, 0.2) is 27.9 Å². The maximum absolute atomic E-state index is 4.53. The number of hydrogen-bond donors (Lipinski definition) is 2. The summed E-state index contributed by atoms with van der Waals surface area (Å²) in [6.45, 7) is 6.30. The lowest BCUT2D eigenvalue weighted by molar-refractivity contribution is 0.249. The number of aryl methyl sites for hydroxylation is 2. The quantitative estimate of drug-likeness (QED) is 0.378. The van der Waals surface area contributed by atoms with Gasteiger partial charge in [0.05, 0.1) is 11.0 Å². The van der Waals surface area contributed by atoms with E-state index in [0.29, 0.717) is 6.04 Å². The van der Waals surface area contributed by atoms with Gasteiger partial charge in [0, 0.05) is 36.1 Å². The number of guanidine groups is 1. The third-order valence-electron chi connectivity index (χ3n) is 4.92. The minimum Gasteiger partial charge on any atom is -0.356 e. The van der Waals surface area contributed by atoms with E-state index in [9.17, 15) is 0 Å². The highest BCUT2D eigenvalue weighted by Crippen LogP contribution is 2.27. The summed E-state index contributed by atoms with van der Waals surface area (Å²) in [4.78, 5) is 13.0. The van der Waals surface area contributed by atoms with Crippen LogP contribution >= 0.6 is 22.7 Å². The van der Waals surface area contributed by atoms with Crippen LogP contribution in [0.1, 0.15) is 47.3 Å². The van der Waals surface area contributed by atoms with Gasteiger partial charge < -0.3 is 10.6 Å². The number of aliphatic imine (C=N–C) groups is 1. The standard InChI is InChI=1S/C20H31N5S2/c1-16-15-27-19(24-16)9-3-4-10-22-20(21-2)23-14-17(18-8-7-13-26-18)25-11-5-6-12-25/h7-8,13,15,17H,3-6,9-12,14H2,1-2H3,(H2,21,22,23). The average molecular weight is 406 g/mol. The Morgan fingerprint density at radius 3 is 2.78 bits per heavy atom. The van der Waals surface area contributed by atoms with Gasteiger partial charge in [-0.3, -0.25) is 9.89 Å². The smallest absolute Gasteiger partial charge is 0.191 e. The number of nitrogens with zero attached hydrogens (tertiary/aromatic N) is 3. The Balaban J connectivity index is 1.39. The number of likely N-dealkylation sites (tertiary alicyclic amines) is 1. The Hall–Kier alpha value is -1.44. The molecule has 0 saturated carbocycles. The van der Waals surface area contributed by atoms with E-state index in [1.807, 2.05) is 18.4 Å². The second-order valence-corrected chi connectivity index (χ2v) is 8.92. The van der Waals surface area contributed by atoms with Crippen molar-refractivity contribution in [1.29, 1.82) is 0 Å². The molecule has 1 aliphatic rings. The highest BCUT2D eigenvalue weighted by molar-refractivity contribution is 7.10. The normalized spacial score (nSPS) is 16.6. The fourth-order valence-corrected chi connectivity index (χ4v) is 5.16. The molecule has 1 saturated heterocycles. The monoisotopic (exact) mass is 405 g/mol. The van der Waals surface area contributed by atoms with Gasteiger partial charge in [0.2, 0.25) is 0 Å². The first-order chi connectivity index (χ1) is 13.3. The highest BCUT2D eigenvalue weighted by Gasteiger charge is 2.24. The third-order valence-corrected chi connectivity index (χ3v) is 6.92. The minimum absolute atomic E-state index is 0.444. The summed E-state index contributed by atoms with van der Waals surface area (Å²) in [7, 11) is 1.85. The molecular formula is C20H31N5S2. The molecule has 3 heterocycles. The van der Waals surface area contributed by atoms with Gasteiger partial charge in [-0.15, -0.1) is 22.7 Å². The van der Waals surface area contributed by atoms with Crippen molar-refractivity contribution in [3.05, 3.63) is 38.5 Å².